The van der Waals surface area contributed by atoms with Gasteiger partial charge in [-0.3, -0.25) is 4.79 Å². The minimum Gasteiger partial charge on any atom is -0.346 e. The predicted octanol–water partition coefficient (Wildman–Crippen LogP) is 3.23. The molecule has 0 bridgehead atoms. The minimum atomic E-state index is -0.0724. The molecule has 0 spiro atoms. The molecule has 0 saturated heterocycles. The summed E-state index contributed by atoms with van der Waals surface area (Å²) in [6, 6.07) is 10.4. The second kappa shape index (κ2) is 3.84. The Balaban J connectivity index is 1.76. The Morgan fingerprint density at radius 2 is 1.83 bits per heavy atom. The summed E-state index contributed by atoms with van der Waals surface area (Å²) in [6.45, 7) is 4.35. The molecule has 1 atom stereocenters. The minimum absolute atomic E-state index is 0.0724. The zero-order valence-corrected chi connectivity index (χ0v) is 11.2. The van der Waals surface area contributed by atoms with Crippen LogP contribution in [0.3, 0.4) is 0 Å². The quantitative estimate of drug-likeness (QED) is 0.867. The van der Waals surface area contributed by atoms with E-state index in [9.17, 15) is 4.79 Å². The largest absolute Gasteiger partial charge is 0.346 e. The smallest absolute Gasteiger partial charge is 0.224 e. The zero-order chi connectivity index (χ0) is 12.8. The third-order valence-corrected chi connectivity index (χ3v) is 4.73. The molecule has 3 rings (SSSR count). The van der Waals surface area contributed by atoms with Crippen molar-refractivity contribution < 1.29 is 4.79 Å². The van der Waals surface area contributed by atoms with Gasteiger partial charge in [0.15, 0.2) is 0 Å². The zero-order valence-electron chi connectivity index (χ0n) is 11.2. The van der Waals surface area contributed by atoms with Crippen molar-refractivity contribution in [2.45, 2.75) is 45.1 Å². The highest BCUT2D eigenvalue weighted by atomic mass is 16.2. The maximum atomic E-state index is 12.3. The van der Waals surface area contributed by atoms with E-state index >= 15 is 0 Å². The Hall–Kier alpha value is -1.31. The molecule has 0 unspecified atom stereocenters. The van der Waals surface area contributed by atoms with Crippen LogP contribution in [-0.2, 0) is 10.3 Å². The molecule has 2 aliphatic rings. The molecular formula is C16H21NO. The van der Waals surface area contributed by atoms with Crippen LogP contribution in [0.25, 0.3) is 0 Å². The molecule has 2 fully saturated rings. The molecule has 2 aliphatic carbocycles. The van der Waals surface area contributed by atoms with Crippen LogP contribution >= 0.6 is 0 Å². The summed E-state index contributed by atoms with van der Waals surface area (Å²) in [4.78, 5) is 12.3. The molecule has 1 aromatic carbocycles. The van der Waals surface area contributed by atoms with Crippen LogP contribution in [0, 0.1) is 11.3 Å². The monoisotopic (exact) mass is 243 g/mol. The van der Waals surface area contributed by atoms with Gasteiger partial charge in [-0.25, -0.2) is 0 Å². The van der Waals surface area contributed by atoms with Crippen molar-refractivity contribution in [3.63, 3.8) is 0 Å². The number of amides is 1. The van der Waals surface area contributed by atoms with E-state index in [-0.39, 0.29) is 22.8 Å². The second-order valence-electron chi connectivity index (χ2n) is 6.54. The lowest BCUT2D eigenvalue weighted by Crippen LogP contribution is -2.51. The number of carbonyl (C=O) groups excluding carboxylic acids is 1. The van der Waals surface area contributed by atoms with Crippen molar-refractivity contribution in [2.24, 2.45) is 11.3 Å². The van der Waals surface area contributed by atoms with Gasteiger partial charge in [-0.15, -0.1) is 0 Å². The summed E-state index contributed by atoms with van der Waals surface area (Å²) in [5.74, 6) is 0.474. The standard InChI is InChI=1S/C16H21NO/c1-15(2)11-13(15)14(18)17-16(9-6-10-16)12-7-4-3-5-8-12/h3-5,7-8,13H,6,9-11H2,1-2H3,(H,17,18)/t13-/m1/s1. The first kappa shape index (κ1) is 11.8. The number of benzene rings is 1. The van der Waals surface area contributed by atoms with Crippen molar-refractivity contribution in [1.82, 2.24) is 5.32 Å². The van der Waals surface area contributed by atoms with Crippen LogP contribution in [0.4, 0.5) is 0 Å². The van der Waals surface area contributed by atoms with Crippen molar-refractivity contribution in [3.8, 4) is 0 Å². The Morgan fingerprint density at radius 3 is 2.28 bits per heavy atom. The molecule has 0 aromatic heterocycles. The maximum Gasteiger partial charge on any atom is 0.224 e. The van der Waals surface area contributed by atoms with Gasteiger partial charge in [0.05, 0.1) is 5.54 Å². The Bertz CT molecular complexity index is 459. The van der Waals surface area contributed by atoms with Gasteiger partial charge in [-0.2, -0.15) is 0 Å². The molecular weight excluding hydrogens is 222 g/mol. The summed E-state index contributed by atoms with van der Waals surface area (Å²) in [7, 11) is 0. The molecule has 18 heavy (non-hydrogen) atoms. The number of carbonyl (C=O) groups is 1. The lowest BCUT2D eigenvalue weighted by atomic mass is 9.71. The van der Waals surface area contributed by atoms with Gasteiger partial charge in [-0.05, 0) is 36.7 Å². The topological polar surface area (TPSA) is 29.1 Å². The summed E-state index contributed by atoms with van der Waals surface area (Å²) < 4.78 is 0. The average Bonchev–Trinajstić information content (AvgIpc) is 2.94. The number of hydrogen-bond acceptors (Lipinski definition) is 1. The summed E-state index contributed by atoms with van der Waals surface area (Å²) in [6.07, 6.45) is 4.40. The van der Waals surface area contributed by atoms with E-state index in [1.807, 2.05) is 6.07 Å². The average molecular weight is 243 g/mol. The highest BCUT2D eigenvalue weighted by Gasteiger charge is 2.52. The first-order valence-corrected chi connectivity index (χ1v) is 6.91. The predicted molar refractivity (Wildman–Crippen MR) is 72.0 cm³/mol. The van der Waals surface area contributed by atoms with E-state index in [4.69, 9.17) is 0 Å². The molecule has 96 valence electrons. The summed E-state index contributed by atoms with van der Waals surface area (Å²) >= 11 is 0. The molecule has 0 heterocycles. The third kappa shape index (κ3) is 1.84. The van der Waals surface area contributed by atoms with Crippen LogP contribution in [0.15, 0.2) is 30.3 Å². The molecule has 1 N–H and O–H groups in total. The van der Waals surface area contributed by atoms with Gasteiger partial charge in [0.1, 0.15) is 0 Å². The Morgan fingerprint density at radius 1 is 1.22 bits per heavy atom. The van der Waals surface area contributed by atoms with Crippen LogP contribution in [0.1, 0.15) is 45.1 Å². The number of hydrogen-bond donors (Lipinski definition) is 1. The molecule has 0 radical (unpaired) electrons. The lowest BCUT2D eigenvalue weighted by molar-refractivity contribution is -0.126. The van der Waals surface area contributed by atoms with E-state index in [1.54, 1.807) is 0 Å². The second-order valence-corrected chi connectivity index (χ2v) is 6.54. The normalized spacial score (nSPS) is 27.1. The fourth-order valence-electron chi connectivity index (χ4n) is 3.01. The fourth-order valence-corrected chi connectivity index (χ4v) is 3.01. The van der Waals surface area contributed by atoms with Crippen LogP contribution < -0.4 is 5.32 Å². The van der Waals surface area contributed by atoms with E-state index < -0.39 is 0 Å². The highest BCUT2D eigenvalue weighted by molar-refractivity contribution is 5.83. The van der Waals surface area contributed by atoms with Gasteiger partial charge >= 0.3 is 0 Å². The van der Waals surface area contributed by atoms with Crippen molar-refractivity contribution >= 4 is 5.91 Å². The van der Waals surface area contributed by atoms with Gasteiger partial charge in [0, 0.05) is 5.92 Å². The molecule has 2 nitrogen and oxygen atoms in total. The Kier molecular flexibility index (Phi) is 2.51. The van der Waals surface area contributed by atoms with Crippen molar-refractivity contribution in [2.75, 3.05) is 0 Å². The molecule has 2 heteroatoms. The van der Waals surface area contributed by atoms with E-state index in [2.05, 4.69) is 43.4 Å². The molecule has 0 aliphatic heterocycles. The number of rotatable bonds is 3. The molecule has 1 aromatic rings. The number of nitrogens with one attached hydrogen (secondary N) is 1. The lowest BCUT2D eigenvalue weighted by Gasteiger charge is -2.43. The van der Waals surface area contributed by atoms with Crippen molar-refractivity contribution in [1.29, 1.82) is 0 Å². The summed E-state index contributed by atoms with van der Waals surface area (Å²) in [5.41, 5.74) is 1.41. The van der Waals surface area contributed by atoms with Gasteiger partial charge < -0.3 is 5.32 Å². The molecule has 1 amide bonds. The van der Waals surface area contributed by atoms with Gasteiger partial charge in [-0.1, -0.05) is 44.2 Å². The highest BCUT2D eigenvalue weighted by Crippen LogP contribution is 2.52. The first-order valence-electron chi connectivity index (χ1n) is 6.91. The van der Waals surface area contributed by atoms with Crippen LogP contribution in [-0.4, -0.2) is 5.91 Å². The summed E-state index contributed by atoms with van der Waals surface area (Å²) in [5, 5.41) is 3.32. The van der Waals surface area contributed by atoms with Crippen LogP contribution in [0.2, 0.25) is 0 Å². The van der Waals surface area contributed by atoms with E-state index in [0.717, 1.165) is 19.3 Å². The van der Waals surface area contributed by atoms with Gasteiger partial charge in [0.25, 0.3) is 0 Å². The fraction of sp³-hybridized carbons (Fsp3) is 0.562. The maximum absolute atomic E-state index is 12.3. The first-order chi connectivity index (χ1) is 8.54. The van der Waals surface area contributed by atoms with E-state index in [0.29, 0.717) is 0 Å². The SMILES string of the molecule is CC1(C)C[C@@H]1C(=O)NC1(c2ccccc2)CCC1. The Labute approximate surface area is 109 Å². The van der Waals surface area contributed by atoms with E-state index in [1.165, 1.54) is 12.0 Å². The van der Waals surface area contributed by atoms with Crippen molar-refractivity contribution in [3.05, 3.63) is 35.9 Å². The molecule has 2 saturated carbocycles. The van der Waals surface area contributed by atoms with Crippen LogP contribution in [0.5, 0.6) is 0 Å². The van der Waals surface area contributed by atoms with Gasteiger partial charge in [0.2, 0.25) is 5.91 Å². The third-order valence-electron chi connectivity index (χ3n) is 4.73.